The molecule has 0 fully saturated rings. The molecule has 1 unspecified atom stereocenters. The van der Waals surface area contributed by atoms with Gasteiger partial charge in [-0.05, 0) is 36.6 Å². The molecule has 1 atom stereocenters. The first kappa shape index (κ1) is 18.1. The van der Waals surface area contributed by atoms with E-state index in [1.165, 1.54) is 0 Å². The number of hydrogen-bond acceptors (Lipinski definition) is 3. The van der Waals surface area contributed by atoms with Crippen LogP contribution < -0.4 is 4.74 Å². The molecular formula is C17H12F5NO3. The average molecular weight is 373 g/mol. The van der Waals surface area contributed by atoms with Crippen molar-refractivity contribution in [2.45, 2.75) is 31.5 Å². The molecule has 0 saturated carbocycles. The molecule has 4 nitrogen and oxygen atoms in total. The summed E-state index contributed by atoms with van der Waals surface area (Å²) in [4.78, 5) is 15.0. The zero-order valence-corrected chi connectivity index (χ0v) is 13.1. The summed E-state index contributed by atoms with van der Waals surface area (Å²) in [6, 6.07) is 3.87. The van der Waals surface area contributed by atoms with E-state index < -0.39 is 42.0 Å². The Morgan fingerprint density at radius 1 is 1.23 bits per heavy atom. The summed E-state index contributed by atoms with van der Waals surface area (Å²) in [5.41, 5.74) is -0.185. The average Bonchev–Trinajstić information content (AvgIpc) is 2.52. The van der Waals surface area contributed by atoms with Crippen LogP contribution in [0.3, 0.4) is 0 Å². The van der Waals surface area contributed by atoms with E-state index in [1.54, 1.807) is 0 Å². The van der Waals surface area contributed by atoms with Gasteiger partial charge in [-0.2, -0.15) is 13.2 Å². The highest BCUT2D eigenvalue weighted by molar-refractivity contribution is 5.88. The number of ether oxygens (including phenoxy) is 1. The Hall–Kier alpha value is -2.71. The Morgan fingerprint density at radius 3 is 2.58 bits per heavy atom. The summed E-state index contributed by atoms with van der Waals surface area (Å²) >= 11 is 0. The van der Waals surface area contributed by atoms with Gasteiger partial charge >= 0.3 is 12.1 Å². The maximum Gasteiger partial charge on any atom is 0.392 e. The topological polar surface area (TPSA) is 59.4 Å². The highest BCUT2D eigenvalue weighted by atomic mass is 19.4. The van der Waals surface area contributed by atoms with E-state index >= 15 is 0 Å². The lowest BCUT2D eigenvalue weighted by Crippen LogP contribution is -2.29. The second-order valence-electron chi connectivity index (χ2n) is 5.87. The van der Waals surface area contributed by atoms with Crippen LogP contribution in [-0.4, -0.2) is 28.3 Å². The molecule has 0 saturated heterocycles. The maximum absolute atomic E-state index is 14.1. The van der Waals surface area contributed by atoms with Gasteiger partial charge in [0.2, 0.25) is 5.88 Å². The monoisotopic (exact) mass is 373 g/mol. The largest absolute Gasteiger partial charge is 0.477 e. The van der Waals surface area contributed by atoms with Gasteiger partial charge in [0, 0.05) is 17.2 Å². The summed E-state index contributed by atoms with van der Waals surface area (Å²) in [5, 5.41) is 9.17. The standard InChI is InChI=1S/C17H12F5NO3/c18-8-1-3-10(13(19)5-8)12-6-14(16(24)25)23-15-11(12)4-2-9(26-15)7-17(20,21)22/h1,3,5-6,9H,2,4,7H2,(H,24,25). The van der Waals surface area contributed by atoms with Crippen LogP contribution in [0.2, 0.25) is 0 Å². The molecule has 0 aliphatic carbocycles. The van der Waals surface area contributed by atoms with Crippen molar-refractivity contribution in [3.63, 3.8) is 0 Å². The van der Waals surface area contributed by atoms with Crippen LogP contribution in [0, 0.1) is 11.6 Å². The molecule has 138 valence electrons. The van der Waals surface area contributed by atoms with Gasteiger partial charge in [-0.1, -0.05) is 0 Å². The fourth-order valence-corrected chi connectivity index (χ4v) is 2.87. The summed E-state index contributed by atoms with van der Waals surface area (Å²) < 4.78 is 70.3. The number of hydrogen-bond donors (Lipinski definition) is 1. The smallest absolute Gasteiger partial charge is 0.392 e. The number of aromatic carboxylic acids is 1. The molecule has 1 aliphatic rings. The van der Waals surface area contributed by atoms with Crippen molar-refractivity contribution < 1.29 is 36.6 Å². The number of carboxylic acid groups (broad SMARTS) is 1. The summed E-state index contributed by atoms with van der Waals surface area (Å²) in [6.07, 6.45) is -6.75. The number of rotatable bonds is 3. The van der Waals surface area contributed by atoms with Crippen molar-refractivity contribution in [1.82, 2.24) is 4.98 Å². The molecule has 1 aliphatic heterocycles. The molecule has 1 N–H and O–H groups in total. The SMILES string of the molecule is O=C(O)c1cc(-c2ccc(F)cc2F)c2c(n1)OC(CC(F)(F)F)CC2. The number of pyridine rings is 1. The number of fused-ring (bicyclic) bond motifs is 1. The van der Waals surface area contributed by atoms with Crippen LogP contribution in [0.4, 0.5) is 22.0 Å². The number of carboxylic acids is 1. The van der Waals surface area contributed by atoms with Gasteiger partial charge in [-0.25, -0.2) is 18.6 Å². The van der Waals surface area contributed by atoms with E-state index in [9.17, 15) is 31.9 Å². The van der Waals surface area contributed by atoms with Crippen LogP contribution in [0.1, 0.15) is 28.9 Å². The first-order valence-corrected chi connectivity index (χ1v) is 7.60. The molecule has 0 bridgehead atoms. The normalized spacial score (nSPS) is 16.7. The maximum atomic E-state index is 14.1. The molecular weight excluding hydrogens is 361 g/mol. The van der Waals surface area contributed by atoms with Crippen molar-refractivity contribution in [3.05, 3.63) is 47.2 Å². The van der Waals surface area contributed by atoms with E-state index in [2.05, 4.69) is 4.98 Å². The number of alkyl halides is 3. The van der Waals surface area contributed by atoms with Crippen molar-refractivity contribution in [1.29, 1.82) is 0 Å². The minimum absolute atomic E-state index is 0.0103. The summed E-state index contributed by atoms with van der Waals surface area (Å²) in [7, 11) is 0. The number of nitrogens with zero attached hydrogens (tertiary/aromatic N) is 1. The predicted octanol–water partition coefficient (Wildman–Crippen LogP) is 4.37. The lowest BCUT2D eigenvalue weighted by Gasteiger charge is -2.27. The molecule has 3 rings (SSSR count). The molecule has 9 heteroatoms. The number of carbonyl (C=O) groups is 1. The van der Waals surface area contributed by atoms with E-state index in [0.29, 0.717) is 11.6 Å². The van der Waals surface area contributed by atoms with E-state index in [4.69, 9.17) is 4.74 Å². The Morgan fingerprint density at radius 2 is 1.96 bits per heavy atom. The quantitative estimate of drug-likeness (QED) is 0.812. The van der Waals surface area contributed by atoms with Gasteiger partial charge in [-0.3, -0.25) is 0 Å². The van der Waals surface area contributed by atoms with Crippen LogP contribution >= 0.6 is 0 Å². The molecule has 1 aromatic heterocycles. The predicted molar refractivity (Wildman–Crippen MR) is 80.0 cm³/mol. The van der Waals surface area contributed by atoms with Crippen LogP contribution in [0.15, 0.2) is 24.3 Å². The van der Waals surface area contributed by atoms with Crippen LogP contribution in [0.5, 0.6) is 5.88 Å². The second-order valence-corrected chi connectivity index (χ2v) is 5.87. The van der Waals surface area contributed by atoms with Gasteiger partial charge in [0.15, 0.2) is 5.69 Å². The first-order chi connectivity index (χ1) is 12.1. The van der Waals surface area contributed by atoms with E-state index in [-0.39, 0.29) is 29.8 Å². The molecule has 1 aromatic carbocycles. The van der Waals surface area contributed by atoms with Gasteiger partial charge in [0.05, 0.1) is 6.42 Å². The fraction of sp³-hybridized carbons (Fsp3) is 0.294. The molecule has 0 spiro atoms. The number of aromatic nitrogens is 1. The van der Waals surface area contributed by atoms with Crippen LogP contribution in [-0.2, 0) is 6.42 Å². The highest BCUT2D eigenvalue weighted by Gasteiger charge is 2.36. The summed E-state index contributed by atoms with van der Waals surface area (Å²) in [6.45, 7) is 0. The zero-order valence-electron chi connectivity index (χ0n) is 13.1. The Balaban J connectivity index is 2.08. The van der Waals surface area contributed by atoms with Crippen molar-refractivity contribution in [2.24, 2.45) is 0 Å². The third kappa shape index (κ3) is 3.76. The van der Waals surface area contributed by atoms with Gasteiger partial charge in [-0.15, -0.1) is 0 Å². The third-order valence-electron chi connectivity index (χ3n) is 3.98. The van der Waals surface area contributed by atoms with E-state index in [0.717, 1.165) is 18.2 Å². The first-order valence-electron chi connectivity index (χ1n) is 7.60. The molecule has 2 heterocycles. The molecule has 0 amide bonds. The van der Waals surface area contributed by atoms with Gasteiger partial charge < -0.3 is 9.84 Å². The Kier molecular flexibility index (Phi) is 4.55. The van der Waals surface area contributed by atoms with E-state index in [1.807, 2.05) is 0 Å². The summed E-state index contributed by atoms with van der Waals surface area (Å²) in [5.74, 6) is -3.46. The lowest BCUT2D eigenvalue weighted by molar-refractivity contribution is -0.152. The molecule has 2 aromatic rings. The third-order valence-corrected chi connectivity index (χ3v) is 3.98. The van der Waals surface area contributed by atoms with Crippen LogP contribution in [0.25, 0.3) is 11.1 Å². The lowest BCUT2D eigenvalue weighted by atomic mass is 9.93. The molecule has 26 heavy (non-hydrogen) atoms. The fourth-order valence-electron chi connectivity index (χ4n) is 2.87. The van der Waals surface area contributed by atoms with Crippen molar-refractivity contribution in [2.75, 3.05) is 0 Å². The van der Waals surface area contributed by atoms with Gasteiger partial charge in [0.1, 0.15) is 17.7 Å². The van der Waals surface area contributed by atoms with Gasteiger partial charge in [0.25, 0.3) is 0 Å². The Labute approximate surface area is 144 Å². The second kappa shape index (κ2) is 6.54. The number of halogens is 5. The van der Waals surface area contributed by atoms with Crippen molar-refractivity contribution in [3.8, 4) is 17.0 Å². The zero-order chi connectivity index (χ0) is 19.1. The minimum Gasteiger partial charge on any atom is -0.477 e. The molecule has 0 radical (unpaired) electrons. The number of benzene rings is 1. The van der Waals surface area contributed by atoms with Crippen molar-refractivity contribution >= 4 is 5.97 Å². The minimum atomic E-state index is -4.45. The highest BCUT2D eigenvalue weighted by Crippen LogP contribution is 2.38. The Bertz CT molecular complexity index is 866.